The van der Waals surface area contributed by atoms with Gasteiger partial charge in [0, 0.05) is 0 Å². The minimum Gasteiger partial charge on any atom is -0.617 e. The third-order valence-electron chi connectivity index (χ3n) is 0.537. The zero-order chi connectivity index (χ0) is 6.41. The van der Waals surface area contributed by atoms with Crippen LogP contribution < -0.4 is 0 Å². The number of rotatable bonds is 3. The van der Waals surface area contributed by atoms with Crippen molar-refractivity contribution in [2.45, 2.75) is 0 Å². The first-order valence-electron chi connectivity index (χ1n) is 2.08. The second-order valence-electron chi connectivity index (χ2n) is 1.22. The molecule has 0 rings (SSSR count). The minimum atomic E-state index is -0.739. The standard InChI is InChI=1S/C4H7NOS2/c1-8(6)3-2-7-4-5/h2-3H2,1H3. The molecule has 1 atom stereocenters. The molecule has 0 aliphatic heterocycles. The number of thioether (sulfide) groups is 1. The van der Waals surface area contributed by atoms with E-state index in [-0.39, 0.29) is 0 Å². The second-order valence-corrected chi connectivity index (χ2v) is 3.65. The van der Waals surface area contributed by atoms with Crippen LogP contribution in [0.25, 0.3) is 0 Å². The summed E-state index contributed by atoms with van der Waals surface area (Å²) in [5.74, 6) is 1.30. The Hall–Kier alpha value is 0.150. The van der Waals surface area contributed by atoms with E-state index in [9.17, 15) is 4.55 Å². The van der Waals surface area contributed by atoms with Crippen LogP contribution in [0.4, 0.5) is 0 Å². The van der Waals surface area contributed by atoms with Crippen molar-refractivity contribution in [2.24, 2.45) is 0 Å². The maximum absolute atomic E-state index is 10.3. The third kappa shape index (κ3) is 6.15. The molecule has 0 amide bonds. The molecule has 0 saturated carbocycles. The van der Waals surface area contributed by atoms with Gasteiger partial charge in [0.15, 0.2) is 0 Å². The Balaban J connectivity index is 2.85. The van der Waals surface area contributed by atoms with Crippen LogP contribution in [0.3, 0.4) is 0 Å². The monoisotopic (exact) mass is 149 g/mol. The zero-order valence-corrected chi connectivity index (χ0v) is 6.22. The van der Waals surface area contributed by atoms with Gasteiger partial charge in [-0.2, -0.15) is 5.26 Å². The van der Waals surface area contributed by atoms with Gasteiger partial charge in [0.2, 0.25) is 0 Å². The lowest BCUT2D eigenvalue weighted by atomic mass is 11.0. The molecule has 0 heterocycles. The highest BCUT2D eigenvalue weighted by molar-refractivity contribution is 8.04. The topological polar surface area (TPSA) is 46.8 Å². The Morgan fingerprint density at radius 1 is 1.88 bits per heavy atom. The van der Waals surface area contributed by atoms with Crippen LogP contribution in [0.2, 0.25) is 0 Å². The number of nitrogens with zero attached hydrogens (tertiary/aromatic N) is 1. The van der Waals surface area contributed by atoms with E-state index in [0.717, 1.165) is 11.8 Å². The molecule has 0 fully saturated rings. The fourth-order valence-corrected chi connectivity index (χ4v) is 1.57. The number of hydrogen-bond acceptors (Lipinski definition) is 3. The van der Waals surface area contributed by atoms with E-state index in [0.29, 0.717) is 11.5 Å². The molecule has 0 spiro atoms. The fraction of sp³-hybridized carbons (Fsp3) is 0.750. The molecular formula is C4H7NOS2. The van der Waals surface area contributed by atoms with Gasteiger partial charge in [-0.15, -0.1) is 0 Å². The maximum Gasteiger partial charge on any atom is 0.133 e. The van der Waals surface area contributed by atoms with Gasteiger partial charge >= 0.3 is 0 Å². The molecule has 0 aromatic rings. The van der Waals surface area contributed by atoms with E-state index in [2.05, 4.69) is 0 Å². The SMILES string of the molecule is C[S+]([O-])CCSC#N. The first-order valence-corrected chi connectivity index (χ1v) is 4.79. The summed E-state index contributed by atoms with van der Waals surface area (Å²) >= 11 is 0.410. The van der Waals surface area contributed by atoms with Crippen molar-refractivity contribution in [1.82, 2.24) is 0 Å². The number of hydrogen-bond donors (Lipinski definition) is 0. The summed E-state index contributed by atoms with van der Waals surface area (Å²) in [5, 5.41) is 9.90. The fourth-order valence-electron chi connectivity index (χ4n) is 0.205. The Bertz CT molecular complexity index is 88.5. The Kier molecular flexibility index (Phi) is 5.39. The van der Waals surface area contributed by atoms with Gasteiger partial charge in [-0.3, -0.25) is 0 Å². The van der Waals surface area contributed by atoms with E-state index in [4.69, 9.17) is 5.26 Å². The van der Waals surface area contributed by atoms with Crippen molar-refractivity contribution in [3.63, 3.8) is 0 Å². The van der Waals surface area contributed by atoms with Crippen molar-refractivity contribution in [3.8, 4) is 5.40 Å². The molecule has 0 radical (unpaired) electrons. The molecule has 1 unspecified atom stereocenters. The van der Waals surface area contributed by atoms with Gasteiger partial charge < -0.3 is 4.55 Å². The molecule has 0 aliphatic carbocycles. The average Bonchev–Trinajstić information content (AvgIpc) is 1.66. The summed E-state index contributed by atoms with van der Waals surface area (Å²) in [6.45, 7) is 0. The molecule has 2 nitrogen and oxygen atoms in total. The van der Waals surface area contributed by atoms with E-state index in [1.54, 1.807) is 6.26 Å². The van der Waals surface area contributed by atoms with Crippen LogP contribution in [-0.2, 0) is 11.2 Å². The largest absolute Gasteiger partial charge is 0.617 e. The first-order chi connectivity index (χ1) is 3.77. The summed E-state index contributed by atoms with van der Waals surface area (Å²) in [6, 6.07) is 0. The van der Waals surface area contributed by atoms with E-state index < -0.39 is 11.2 Å². The molecule has 8 heavy (non-hydrogen) atoms. The predicted octanol–water partition coefficient (Wildman–Crippen LogP) is 0.579. The lowest BCUT2D eigenvalue weighted by Gasteiger charge is -1.99. The van der Waals surface area contributed by atoms with Crippen molar-refractivity contribution in [1.29, 1.82) is 5.26 Å². The van der Waals surface area contributed by atoms with Crippen LogP contribution in [0.15, 0.2) is 0 Å². The molecule has 4 heteroatoms. The molecule has 46 valence electrons. The number of thiocyanates is 1. The second kappa shape index (κ2) is 5.29. The number of nitriles is 1. The molecule has 0 saturated heterocycles. The van der Waals surface area contributed by atoms with Crippen molar-refractivity contribution in [2.75, 3.05) is 17.8 Å². The van der Waals surface area contributed by atoms with Crippen LogP contribution in [0.1, 0.15) is 0 Å². The quantitative estimate of drug-likeness (QED) is 0.335. The van der Waals surface area contributed by atoms with Gasteiger partial charge in [0.05, 0.1) is 12.0 Å². The van der Waals surface area contributed by atoms with Crippen molar-refractivity contribution < 1.29 is 4.55 Å². The molecule has 0 aromatic heterocycles. The van der Waals surface area contributed by atoms with Gasteiger partial charge in [-0.1, -0.05) is 11.2 Å². The highest BCUT2D eigenvalue weighted by atomic mass is 32.2. The summed E-state index contributed by atoms with van der Waals surface area (Å²) in [7, 11) is 0. The first kappa shape index (κ1) is 8.15. The molecule has 0 aromatic carbocycles. The van der Waals surface area contributed by atoms with Gasteiger partial charge in [-0.25, -0.2) is 0 Å². The van der Waals surface area contributed by atoms with Gasteiger partial charge in [0.25, 0.3) is 0 Å². The molecule has 0 N–H and O–H groups in total. The van der Waals surface area contributed by atoms with Crippen molar-refractivity contribution in [3.05, 3.63) is 0 Å². The van der Waals surface area contributed by atoms with Crippen LogP contribution >= 0.6 is 11.8 Å². The highest BCUT2D eigenvalue weighted by Crippen LogP contribution is 1.96. The normalized spacial score (nSPS) is 12.6. The summed E-state index contributed by atoms with van der Waals surface area (Å²) in [4.78, 5) is 0. The summed E-state index contributed by atoms with van der Waals surface area (Å²) in [6.07, 6.45) is 1.64. The van der Waals surface area contributed by atoms with Crippen LogP contribution in [0.5, 0.6) is 0 Å². The van der Waals surface area contributed by atoms with Gasteiger partial charge in [-0.05, 0) is 11.8 Å². The maximum atomic E-state index is 10.3. The molecule has 0 aliphatic rings. The molecular weight excluding hydrogens is 142 g/mol. The van der Waals surface area contributed by atoms with Crippen LogP contribution in [-0.4, -0.2) is 22.3 Å². The van der Waals surface area contributed by atoms with E-state index in [1.807, 2.05) is 5.40 Å². The van der Waals surface area contributed by atoms with Crippen molar-refractivity contribution >= 4 is 22.9 Å². The summed E-state index contributed by atoms with van der Waals surface area (Å²) in [5.41, 5.74) is 0. The van der Waals surface area contributed by atoms with E-state index in [1.165, 1.54) is 0 Å². The zero-order valence-electron chi connectivity index (χ0n) is 4.59. The lowest BCUT2D eigenvalue weighted by Crippen LogP contribution is -2.04. The highest BCUT2D eigenvalue weighted by Gasteiger charge is 1.94. The average molecular weight is 149 g/mol. The molecule has 0 bridgehead atoms. The Morgan fingerprint density at radius 3 is 2.88 bits per heavy atom. The Labute approximate surface area is 56.4 Å². The Morgan fingerprint density at radius 2 is 2.50 bits per heavy atom. The third-order valence-corrected chi connectivity index (χ3v) is 2.11. The van der Waals surface area contributed by atoms with E-state index >= 15 is 0 Å². The van der Waals surface area contributed by atoms with Crippen LogP contribution in [0, 0.1) is 10.7 Å². The minimum absolute atomic E-state index is 0.623. The van der Waals surface area contributed by atoms with Gasteiger partial charge in [0.1, 0.15) is 11.2 Å². The lowest BCUT2D eigenvalue weighted by molar-refractivity contribution is 0.602. The smallest absolute Gasteiger partial charge is 0.133 e. The predicted molar refractivity (Wildman–Crippen MR) is 37.0 cm³/mol. The summed E-state index contributed by atoms with van der Waals surface area (Å²) < 4.78 is 10.3.